The van der Waals surface area contributed by atoms with Crippen molar-refractivity contribution in [1.29, 1.82) is 0 Å². The number of carbonyl (C=O) groups is 1. The second kappa shape index (κ2) is 7.65. The van der Waals surface area contributed by atoms with Gasteiger partial charge in [0.1, 0.15) is 0 Å². The van der Waals surface area contributed by atoms with Gasteiger partial charge in [-0.05, 0) is 5.56 Å². The van der Waals surface area contributed by atoms with Gasteiger partial charge in [0.15, 0.2) is 0 Å². The molecule has 0 radical (unpaired) electrons. The Morgan fingerprint density at radius 1 is 1.41 bits per heavy atom. The van der Waals surface area contributed by atoms with E-state index in [1.165, 1.54) is 7.11 Å². The van der Waals surface area contributed by atoms with Gasteiger partial charge in [0, 0.05) is 13.7 Å². The highest BCUT2D eigenvalue weighted by molar-refractivity contribution is 5.74. The first kappa shape index (κ1) is 13.5. The molecule has 0 saturated heterocycles. The summed E-state index contributed by atoms with van der Waals surface area (Å²) in [5, 5.41) is 14.3. The van der Waals surface area contributed by atoms with Crippen LogP contribution < -0.4 is 10.6 Å². The zero-order chi connectivity index (χ0) is 12.5. The van der Waals surface area contributed by atoms with Crippen molar-refractivity contribution in [3.63, 3.8) is 0 Å². The lowest BCUT2D eigenvalue weighted by Gasteiger charge is -2.15. The summed E-state index contributed by atoms with van der Waals surface area (Å²) in [5.74, 6) is 0. The first-order valence-electron chi connectivity index (χ1n) is 5.44. The zero-order valence-corrected chi connectivity index (χ0v) is 9.85. The largest absolute Gasteiger partial charge is 0.394 e. The fourth-order valence-electron chi connectivity index (χ4n) is 1.36. The molecule has 94 valence electrons. The van der Waals surface area contributed by atoms with E-state index in [1.807, 2.05) is 30.3 Å². The molecule has 5 nitrogen and oxygen atoms in total. The second-order valence-electron chi connectivity index (χ2n) is 3.65. The summed E-state index contributed by atoms with van der Waals surface area (Å²) in [4.78, 5) is 11.5. The Bertz CT molecular complexity index is 330. The highest BCUT2D eigenvalue weighted by Crippen LogP contribution is 1.96. The standard InChI is InChI=1S/C12H18N2O3/c1-17-9-11(8-15)14-12(16)13-7-10-5-3-2-4-6-10/h2-6,11,15H,7-9H2,1H3,(H2,13,14,16). The molecule has 0 spiro atoms. The molecule has 5 heteroatoms. The monoisotopic (exact) mass is 238 g/mol. The van der Waals surface area contributed by atoms with Crippen LogP contribution in [0.3, 0.4) is 0 Å². The topological polar surface area (TPSA) is 70.6 Å². The van der Waals surface area contributed by atoms with Crippen LogP contribution in [0.4, 0.5) is 4.79 Å². The van der Waals surface area contributed by atoms with Gasteiger partial charge in [0.2, 0.25) is 0 Å². The average Bonchev–Trinajstić information content (AvgIpc) is 2.37. The highest BCUT2D eigenvalue weighted by atomic mass is 16.5. The van der Waals surface area contributed by atoms with Crippen molar-refractivity contribution in [1.82, 2.24) is 10.6 Å². The van der Waals surface area contributed by atoms with Crippen molar-refractivity contribution < 1.29 is 14.6 Å². The molecule has 1 rings (SSSR count). The maximum atomic E-state index is 11.5. The van der Waals surface area contributed by atoms with Gasteiger partial charge in [-0.1, -0.05) is 30.3 Å². The van der Waals surface area contributed by atoms with E-state index in [1.54, 1.807) is 0 Å². The van der Waals surface area contributed by atoms with Gasteiger partial charge >= 0.3 is 6.03 Å². The van der Waals surface area contributed by atoms with E-state index in [4.69, 9.17) is 9.84 Å². The number of methoxy groups -OCH3 is 1. The molecule has 0 aliphatic rings. The average molecular weight is 238 g/mol. The summed E-state index contributed by atoms with van der Waals surface area (Å²) in [7, 11) is 1.52. The van der Waals surface area contributed by atoms with Crippen LogP contribution in [0.25, 0.3) is 0 Å². The van der Waals surface area contributed by atoms with E-state index < -0.39 is 0 Å². The maximum absolute atomic E-state index is 11.5. The summed E-state index contributed by atoms with van der Waals surface area (Å²) in [6.45, 7) is 0.597. The van der Waals surface area contributed by atoms with Crippen molar-refractivity contribution in [3.8, 4) is 0 Å². The number of amides is 2. The number of carbonyl (C=O) groups excluding carboxylic acids is 1. The summed E-state index contributed by atoms with van der Waals surface area (Å²) < 4.78 is 4.86. The number of aliphatic hydroxyl groups excluding tert-OH is 1. The van der Waals surface area contributed by atoms with E-state index in [0.29, 0.717) is 6.54 Å². The Labute approximate surface area is 101 Å². The molecule has 0 heterocycles. The Hall–Kier alpha value is -1.59. The maximum Gasteiger partial charge on any atom is 0.315 e. The number of ether oxygens (including phenoxy) is 1. The minimum Gasteiger partial charge on any atom is -0.394 e. The van der Waals surface area contributed by atoms with Gasteiger partial charge in [-0.15, -0.1) is 0 Å². The fraction of sp³-hybridized carbons (Fsp3) is 0.417. The fourth-order valence-corrected chi connectivity index (χ4v) is 1.36. The summed E-state index contributed by atoms with van der Waals surface area (Å²) in [6.07, 6.45) is 0. The summed E-state index contributed by atoms with van der Waals surface area (Å²) in [5.41, 5.74) is 1.02. The molecule has 0 aliphatic carbocycles. The van der Waals surface area contributed by atoms with Crippen molar-refractivity contribution >= 4 is 6.03 Å². The van der Waals surface area contributed by atoms with Gasteiger partial charge in [0.05, 0.1) is 19.3 Å². The molecule has 2 amide bonds. The van der Waals surface area contributed by atoms with E-state index >= 15 is 0 Å². The van der Waals surface area contributed by atoms with Crippen LogP contribution in [0.15, 0.2) is 30.3 Å². The first-order chi connectivity index (χ1) is 8.26. The van der Waals surface area contributed by atoms with Crippen LogP contribution >= 0.6 is 0 Å². The molecule has 1 aromatic rings. The quantitative estimate of drug-likeness (QED) is 0.675. The minimum atomic E-state index is -0.379. The molecule has 1 aromatic carbocycles. The summed E-state index contributed by atoms with van der Waals surface area (Å²) in [6, 6.07) is 8.91. The molecule has 17 heavy (non-hydrogen) atoms. The van der Waals surface area contributed by atoms with Crippen LogP contribution in [0.5, 0.6) is 0 Å². The SMILES string of the molecule is COCC(CO)NC(=O)NCc1ccccc1. The van der Waals surface area contributed by atoms with Gasteiger partial charge < -0.3 is 20.5 Å². The van der Waals surface area contributed by atoms with Crippen molar-refractivity contribution in [2.75, 3.05) is 20.3 Å². The number of hydrogen-bond acceptors (Lipinski definition) is 3. The van der Waals surface area contributed by atoms with Gasteiger partial charge in [-0.3, -0.25) is 0 Å². The van der Waals surface area contributed by atoms with E-state index in [9.17, 15) is 4.79 Å². The van der Waals surface area contributed by atoms with Crippen molar-refractivity contribution in [3.05, 3.63) is 35.9 Å². The molecule has 1 atom stereocenters. The Morgan fingerprint density at radius 3 is 2.71 bits per heavy atom. The van der Waals surface area contributed by atoms with Crippen LogP contribution in [-0.4, -0.2) is 37.5 Å². The van der Waals surface area contributed by atoms with Crippen molar-refractivity contribution in [2.24, 2.45) is 0 Å². The molecule has 0 bridgehead atoms. The van der Waals surface area contributed by atoms with Gasteiger partial charge in [0.25, 0.3) is 0 Å². The third-order valence-electron chi connectivity index (χ3n) is 2.22. The normalized spacial score (nSPS) is 11.9. The van der Waals surface area contributed by atoms with Gasteiger partial charge in [-0.25, -0.2) is 4.79 Å². The molecule has 0 fully saturated rings. The van der Waals surface area contributed by atoms with Crippen LogP contribution in [-0.2, 0) is 11.3 Å². The lowest BCUT2D eigenvalue weighted by atomic mass is 10.2. The molecule has 0 aliphatic heterocycles. The smallest absolute Gasteiger partial charge is 0.315 e. The summed E-state index contributed by atoms with van der Waals surface area (Å²) >= 11 is 0. The van der Waals surface area contributed by atoms with Crippen LogP contribution in [0.1, 0.15) is 5.56 Å². The number of hydrogen-bond donors (Lipinski definition) is 3. The minimum absolute atomic E-state index is 0.146. The predicted molar refractivity (Wildman–Crippen MR) is 64.6 cm³/mol. The molecule has 3 N–H and O–H groups in total. The predicted octanol–water partition coefficient (Wildman–Crippen LogP) is 0.493. The Balaban J connectivity index is 2.30. The molecule has 0 saturated carbocycles. The third kappa shape index (κ3) is 5.33. The number of urea groups is 1. The van der Waals surface area contributed by atoms with Gasteiger partial charge in [-0.2, -0.15) is 0 Å². The van der Waals surface area contributed by atoms with Crippen LogP contribution in [0.2, 0.25) is 0 Å². The molecule has 0 aromatic heterocycles. The molecule has 1 unspecified atom stereocenters. The number of benzene rings is 1. The zero-order valence-electron chi connectivity index (χ0n) is 9.85. The molecular formula is C12H18N2O3. The van der Waals surface area contributed by atoms with Crippen molar-refractivity contribution in [2.45, 2.75) is 12.6 Å². The third-order valence-corrected chi connectivity index (χ3v) is 2.22. The lowest BCUT2D eigenvalue weighted by Crippen LogP contribution is -2.45. The highest BCUT2D eigenvalue weighted by Gasteiger charge is 2.09. The number of rotatable bonds is 6. The number of nitrogens with one attached hydrogen (secondary N) is 2. The first-order valence-corrected chi connectivity index (χ1v) is 5.44. The second-order valence-corrected chi connectivity index (χ2v) is 3.65. The molecular weight excluding hydrogens is 220 g/mol. The Kier molecular flexibility index (Phi) is 6.06. The van der Waals surface area contributed by atoms with E-state index in [-0.39, 0.29) is 25.3 Å². The Morgan fingerprint density at radius 2 is 2.12 bits per heavy atom. The van der Waals surface area contributed by atoms with E-state index in [2.05, 4.69) is 10.6 Å². The van der Waals surface area contributed by atoms with E-state index in [0.717, 1.165) is 5.56 Å². The lowest BCUT2D eigenvalue weighted by molar-refractivity contribution is 0.130. The number of aliphatic hydroxyl groups is 1. The van der Waals surface area contributed by atoms with Crippen LogP contribution in [0, 0.1) is 0 Å².